The predicted octanol–water partition coefficient (Wildman–Crippen LogP) is 30.8. The van der Waals surface area contributed by atoms with E-state index in [2.05, 4.69) is 13.8 Å². The summed E-state index contributed by atoms with van der Waals surface area (Å²) in [7, 11) is -4.39. The average Bonchev–Trinajstić information content (AvgIpc) is 1.19. The van der Waals surface area contributed by atoms with E-state index in [0.29, 0.717) is 12.8 Å². The van der Waals surface area contributed by atoms with Crippen LogP contribution >= 0.6 is 7.82 Å². The van der Waals surface area contributed by atoms with Crippen molar-refractivity contribution in [2.45, 2.75) is 534 Å². The molecule has 0 radical (unpaired) electrons. The van der Waals surface area contributed by atoms with Crippen molar-refractivity contribution in [3.05, 3.63) is 0 Å². The minimum atomic E-state index is -4.39. The summed E-state index contributed by atoms with van der Waals surface area (Å²) in [5.74, 6) is -0.792. The Hall–Kier alpha value is -0.990. The van der Waals surface area contributed by atoms with E-state index >= 15 is 0 Å². The highest BCUT2D eigenvalue weighted by atomic mass is 31.2. The highest BCUT2D eigenvalue weighted by Gasteiger charge is 2.26. The average molecular weight is 1420 g/mol. The molecule has 0 fully saturated rings. The second-order valence-corrected chi connectivity index (χ2v) is 33.0. The highest BCUT2D eigenvalue weighted by molar-refractivity contribution is 7.47. The number of esters is 2. The topological polar surface area (TPSA) is 134 Å². The minimum absolute atomic E-state index is 0.0591. The summed E-state index contributed by atoms with van der Waals surface area (Å²) in [6, 6.07) is 0. The summed E-state index contributed by atoms with van der Waals surface area (Å²) in [6.07, 6.45) is 107. The smallest absolute Gasteiger partial charge is 0.462 e. The molecule has 0 amide bonds. The SMILES string of the molecule is CCCCCCCCCCCCCCCCCCCCCCCCCCCCCCCCCCCCCCCCCCCC(=O)OC(COC(=O)CCCCCCCCCCCCCCCCCCCCCCCCCCCCCCCCCCCCCCC)COP(=O)(O)OCCN. The van der Waals surface area contributed by atoms with E-state index in [1.807, 2.05) is 0 Å². The standard InChI is InChI=1S/C89H178NO8P/c1-3-5-7-9-11-13-15-17-19-21-23-25-27-29-31-33-35-37-39-41-42-43-44-46-48-50-52-54-56-58-60-62-64-66-68-70-72-74-76-78-80-82-89(92)98-87(86-97-99(93,94)96-84-83-90)85-95-88(91)81-79-77-75-73-71-69-67-65-63-61-59-57-55-53-51-49-47-45-40-38-36-34-32-30-28-26-24-22-20-18-16-14-12-10-8-6-4-2/h87H,3-86,90H2,1-2H3,(H,93,94). The fourth-order valence-electron chi connectivity index (χ4n) is 14.8. The first kappa shape index (κ1) is 98.0. The molecule has 592 valence electrons. The normalized spacial score (nSPS) is 12.6. The number of hydrogen-bond acceptors (Lipinski definition) is 8. The third-order valence-electron chi connectivity index (χ3n) is 21.5. The lowest BCUT2D eigenvalue weighted by molar-refractivity contribution is -0.161. The van der Waals surface area contributed by atoms with Crippen LogP contribution in [0.4, 0.5) is 0 Å². The van der Waals surface area contributed by atoms with E-state index in [9.17, 15) is 19.0 Å². The summed E-state index contributed by atoms with van der Waals surface area (Å²) in [5.41, 5.74) is 5.43. The van der Waals surface area contributed by atoms with Gasteiger partial charge in [-0.15, -0.1) is 0 Å². The molecular weight excluding hydrogens is 1240 g/mol. The van der Waals surface area contributed by atoms with Gasteiger partial charge in [0, 0.05) is 19.4 Å². The molecule has 10 heteroatoms. The van der Waals surface area contributed by atoms with Gasteiger partial charge in [-0.1, -0.05) is 502 Å². The first-order valence-electron chi connectivity index (χ1n) is 45.5. The molecule has 0 aromatic rings. The van der Waals surface area contributed by atoms with Crippen molar-refractivity contribution in [3.8, 4) is 0 Å². The van der Waals surface area contributed by atoms with E-state index in [1.54, 1.807) is 0 Å². The molecular formula is C89H178NO8P. The number of rotatable bonds is 89. The van der Waals surface area contributed by atoms with Crippen molar-refractivity contribution in [2.24, 2.45) is 5.73 Å². The Balaban J connectivity index is 3.66. The summed E-state index contributed by atoms with van der Waals surface area (Å²) < 4.78 is 33.4. The Labute approximate surface area is 619 Å². The van der Waals surface area contributed by atoms with Crippen molar-refractivity contribution >= 4 is 19.8 Å². The summed E-state index contributed by atoms with van der Waals surface area (Å²) in [4.78, 5) is 35.5. The predicted molar refractivity (Wildman–Crippen MR) is 432 cm³/mol. The van der Waals surface area contributed by atoms with Crippen LogP contribution in [-0.2, 0) is 32.7 Å². The number of phosphoric ester groups is 1. The van der Waals surface area contributed by atoms with Crippen LogP contribution in [0.15, 0.2) is 0 Å². The molecule has 0 spiro atoms. The van der Waals surface area contributed by atoms with Crippen LogP contribution in [0.25, 0.3) is 0 Å². The first-order chi connectivity index (χ1) is 48.8. The lowest BCUT2D eigenvalue weighted by Crippen LogP contribution is -2.29. The Morgan fingerprint density at radius 1 is 0.263 bits per heavy atom. The van der Waals surface area contributed by atoms with Gasteiger partial charge < -0.3 is 20.1 Å². The van der Waals surface area contributed by atoms with Gasteiger partial charge in [0.25, 0.3) is 0 Å². The van der Waals surface area contributed by atoms with Crippen LogP contribution in [0.5, 0.6) is 0 Å². The first-order valence-corrected chi connectivity index (χ1v) is 47.0. The van der Waals surface area contributed by atoms with Gasteiger partial charge in [-0.3, -0.25) is 18.6 Å². The zero-order valence-electron chi connectivity index (χ0n) is 67.3. The molecule has 0 aliphatic rings. The third kappa shape index (κ3) is 85.8. The van der Waals surface area contributed by atoms with Crippen LogP contribution in [0.3, 0.4) is 0 Å². The number of hydrogen-bond donors (Lipinski definition) is 2. The molecule has 0 aliphatic heterocycles. The van der Waals surface area contributed by atoms with Crippen LogP contribution < -0.4 is 5.73 Å². The number of carbonyl (C=O) groups is 2. The lowest BCUT2D eigenvalue weighted by atomic mass is 10.0. The molecule has 0 rings (SSSR count). The van der Waals surface area contributed by atoms with Gasteiger partial charge in [-0.25, -0.2) is 4.57 Å². The van der Waals surface area contributed by atoms with Gasteiger partial charge in [-0.2, -0.15) is 0 Å². The third-order valence-corrected chi connectivity index (χ3v) is 22.5. The molecule has 0 bridgehead atoms. The molecule has 3 N–H and O–H groups in total. The Morgan fingerprint density at radius 3 is 0.616 bits per heavy atom. The van der Waals surface area contributed by atoms with Gasteiger partial charge in [0.15, 0.2) is 6.10 Å². The van der Waals surface area contributed by atoms with E-state index in [-0.39, 0.29) is 32.1 Å². The Morgan fingerprint density at radius 2 is 0.434 bits per heavy atom. The maximum absolute atomic E-state index is 12.8. The van der Waals surface area contributed by atoms with Crippen molar-refractivity contribution < 1.29 is 37.6 Å². The zero-order chi connectivity index (χ0) is 71.5. The van der Waals surface area contributed by atoms with Crippen molar-refractivity contribution in [2.75, 3.05) is 26.4 Å². The Kier molecular flexibility index (Phi) is 85.1. The maximum Gasteiger partial charge on any atom is 0.472 e. The van der Waals surface area contributed by atoms with Crippen molar-refractivity contribution in [3.63, 3.8) is 0 Å². The van der Waals surface area contributed by atoms with Gasteiger partial charge in [0.1, 0.15) is 6.61 Å². The van der Waals surface area contributed by atoms with Crippen LogP contribution in [0, 0.1) is 0 Å². The maximum atomic E-state index is 12.8. The fourth-order valence-corrected chi connectivity index (χ4v) is 15.5. The Bertz CT molecular complexity index is 1580. The van der Waals surface area contributed by atoms with Crippen molar-refractivity contribution in [1.82, 2.24) is 0 Å². The quantitative estimate of drug-likeness (QED) is 0.0347. The number of ether oxygens (including phenoxy) is 2. The second kappa shape index (κ2) is 85.9. The van der Waals surface area contributed by atoms with Crippen LogP contribution in [-0.4, -0.2) is 49.3 Å². The molecule has 0 saturated carbocycles. The number of nitrogens with two attached hydrogens (primary N) is 1. The summed E-state index contributed by atoms with van der Waals surface area (Å²) >= 11 is 0. The molecule has 0 heterocycles. The molecule has 0 aromatic carbocycles. The van der Waals surface area contributed by atoms with E-state index < -0.39 is 26.5 Å². The van der Waals surface area contributed by atoms with Gasteiger partial charge in [0.05, 0.1) is 13.2 Å². The summed E-state index contributed by atoms with van der Waals surface area (Å²) in [5, 5.41) is 0. The minimum Gasteiger partial charge on any atom is -0.462 e. The fraction of sp³-hybridized carbons (Fsp3) is 0.978. The second-order valence-electron chi connectivity index (χ2n) is 31.6. The molecule has 9 nitrogen and oxygen atoms in total. The molecule has 2 unspecified atom stereocenters. The lowest BCUT2D eigenvalue weighted by Gasteiger charge is -2.19. The van der Waals surface area contributed by atoms with Gasteiger partial charge in [-0.05, 0) is 12.8 Å². The van der Waals surface area contributed by atoms with Gasteiger partial charge in [0.2, 0.25) is 0 Å². The molecule has 99 heavy (non-hydrogen) atoms. The van der Waals surface area contributed by atoms with Gasteiger partial charge >= 0.3 is 19.8 Å². The van der Waals surface area contributed by atoms with Crippen LogP contribution in [0.1, 0.15) is 528 Å². The van der Waals surface area contributed by atoms with Crippen LogP contribution in [0.2, 0.25) is 0 Å². The number of phosphoric acid groups is 1. The zero-order valence-corrected chi connectivity index (χ0v) is 68.2. The largest absolute Gasteiger partial charge is 0.472 e. The molecule has 2 atom stereocenters. The van der Waals surface area contributed by atoms with E-state index in [0.717, 1.165) is 32.1 Å². The van der Waals surface area contributed by atoms with Crippen molar-refractivity contribution in [1.29, 1.82) is 0 Å². The molecule has 0 aliphatic carbocycles. The highest BCUT2D eigenvalue weighted by Crippen LogP contribution is 2.43. The van der Waals surface area contributed by atoms with E-state index in [4.69, 9.17) is 24.3 Å². The number of carbonyl (C=O) groups excluding carboxylic acids is 2. The van der Waals surface area contributed by atoms with E-state index in [1.165, 1.54) is 462 Å². The monoisotopic (exact) mass is 1420 g/mol. The molecule has 0 aromatic heterocycles. The summed E-state index contributed by atoms with van der Waals surface area (Å²) in [6.45, 7) is 3.87. The number of unbranched alkanes of at least 4 members (excludes halogenated alkanes) is 76. The molecule has 0 saturated heterocycles.